The largest absolute Gasteiger partial charge is 0.289 e. The van der Waals surface area contributed by atoms with Crippen LogP contribution in [-0.4, -0.2) is 12.3 Å². The Balaban J connectivity index is 2.57. The molecule has 0 aromatic carbocycles. The van der Waals surface area contributed by atoms with Gasteiger partial charge < -0.3 is 0 Å². The first-order valence-electron chi connectivity index (χ1n) is 3.51. The molecule has 1 unspecified atom stereocenters. The smallest absolute Gasteiger partial charge is 0.0398 e. The van der Waals surface area contributed by atoms with Crippen LogP contribution in [0.15, 0.2) is 17.1 Å². The molecule has 9 heavy (non-hydrogen) atoms. The van der Waals surface area contributed by atoms with E-state index < -0.39 is 0 Å². The monoisotopic (exact) mass is 123 g/mol. The third-order valence-corrected chi connectivity index (χ3v) is 1.70. The second-order valence-corrected chi connectivity index (χ2v) is 2.50. The van der Waals surface area contributed by atoms with Crippen molar-refractivity contribution >= 4 is 5.71 Å². The maximum atomic E-state index is 4.34. The fourth-order valence-corrected chi connectivity index (χ4v) is 1.08. The Morgan fingerprint density at radius 2 is 2.44 bits per heavy atom. The Hall–Kier alpha value is -0.590. The van der Waals surface area contributed by atoms with E-state index in [4.69, 9.17) is 0 Å². The van der Waals surface area contributed by atoms with Crippen molar-refractivity contribution in [3.05, 3.63) is 12.2 Å². The average molecular weight is 123 g/mol. The van der Waals surface area contributed by atoms with Crippen LogP contribution in [0.5, 0.6) is 0 Å². The van der Waals surface area contributed by atoms with Gasteiger partial charge in [-0.25, -0.2) is 0 Å². The molecule has 0 bridgehead atoms. The summed E-state index contributed by atoms with van der Waals surface area (Å²) < 4.78 is 0. The molecule has 1 aliphatic rings. The normalized spacial score (nSPS) is 27.3. The molecular formula is C8H13N. The maximum Gasteiger partial charge on any atom is 0.0398 e. The van der Waals surface area contributed by atoms with Gasteiger partial charge in [-0.3, -0.25) is 4.99 Å². The fourth-order valence-electron chi connectivity index (χ4n) is 1.08. The standard InChI is InChI=1S/C8H13N/c1-3-4-8-7(2)5-6-9-8/h3-4,7H,5-6H2,1-2H3/b4-3-. The van der Waals surface area contributed by atoms with E-state index in [1.54, 1.807) is 0 Å². The van der Waals surface area contributed by atoms with Gasteiger partial charge in [0.25, 0.3) is 0 Å². The second-order valence-electron chi connectivity index (χ2n) is 2.50. The molecule has 0 aromatic rings. The minimum atomic E-state index is 0.696. The lowest BCUT2D eigenvalue weighted by atomic mass is 10.1. The molecule has 1 atom stereocenters. The molecule has 0 fully saturated rings. The lowest BCUT2D eigenvalue weighted by Crippen LogP contribution is -2.00. The molecule has 1 nitrogen and oxygen atoms in total. The van der Waals surface area contributed by atoms with Gasteiger partial charge in [-0.15, -0.1) is 0 Å². The number of aliphatic imine (C=N–C) groups is 1. The zero-order valence-electron chi connectivity index (χ0n) is 6.09. The van der Waals surface area contributed by atoms with E-state index in [1.807, 2.05) is 6.92 Å². The van der Waals surface area contributed by atoms with Crippen LogP contribution >= 0.6 is 0 Å². The molecule has 0 aromatic heterocycles. The van der Waals surface area contributed by atoms with Crippen LogP contribution in [0.3, 0.4) is 0 Å². The van der Waals surface area contributed by atoms with Crippen LogP contribution in [0, 0.1) is 5.92 Å². The summed E-state index contributed by atoms with van der Waals surface area (Å²) in [6.07, 6.45) is 5.40. The maximum absolute atomic E-state index is 4.34. The summed E-state index contributed by atoms with van der Waals surface area (Å²) in [6, 6.07) is 0. The van der Waals surface area contributed by atoms with Gasteiger partial charge in [0.05, 0.1) is 0 Å². The van der Waals surface area contributed by atoms with Crippen molar-refractivity contribution in [1.29, 1.82) is 0 Å². The van der Waals surface area contributed by atoms with Gasteiger partial charge in [-0.05, 0) is 25.3 Å². The third kappa shape index (κ3) is 1.41. The highest BCUT2D eigenvalue weighted by molar-refractivity contribution is 5.97. The second kappa shape index (κ2) is 2.81. The molecule has 1 heterocycles. The summed E-state index contributed by atoms with van der Waals surface area (Å²) in [5.41, 5.74) is 1.28. The van der Waals surface area contributed by atoms with Crippen molar-refractivity contribution in [3.8, 4) is 0 Å². The molecule has 1 heteroatoms. The zero-order chi connectivity index (χ0) is 6.69. The van der Waals surface area contributed by atoms with Crippen molar-refractivity contribution < 1.29 is 0 Å². The van der Waals surface area contributed by atoms with Crippen molar-refractivity contribution in [2.24, 2.45) is 10.9 Å². The first kappa shape index (κ1) is 6.53. The predicted octanol–water partition coefficient (Wildman–Crippen LogP) is 2.04. The van der Waals surface area contributed by atoms with Gasteiger partial charge in [0.15, 0.2) is 0 Å². The summed E-state index contributed by atoms with van der Waals surface area (Å²) in [6.45, 7) is 5.29. The summed E-state index contributed by atoms with van der Waals surface area (Å²) in [4.78, 5) is 4.34. The van der Waals surface area contributed by atoms with Crippen LogP contribution in [0.2, 0.25) is 0 Å². The van der Waals surface area contributed by atoms with Crippen LogP contribution in [-0.2, 0) is 0 Å². The van der Waals surface area contributed by atoms with Gasteiger partial charge in [-0.2, -0.15) is 0 Å². The van der Waals surface area contributed by atoms with Crippen molar-refractivity contribution in [2.45, 2.75) is 20.3 Å². The molecule has 0 amide bonds. The topological polar surface area (TPSA) is 12.4 Å². The van der Waals surface area contributed by atoms with Gasteiger partial charge in [-0.1, -0.05) is 13.0 Å². The Labute approximate surface area is 56.5 Å². The molecule has 0 saturated heterocycles. The number of allylic oxidation sites excluding steroid dienone is 2. The van der Waals surface area contributed by atoms with E-state index in [-0.39, 0.29) is 0 Å². The Morgan fingerprint density at radius 3 is 2.89 bits per heavy atom. The predicted molar refractivity (Wildman–Crippen MR) is 40.9 cm³/mol. The highest BCUT2D eigenvalue weighted by Crippen LogP contribution is 2.13. The summed E-state index contributed by atoms with van der Waals surface area (Å²) in [5.74, 6) is 0.696. The first-order valence-corrected chi connectivity index (χ1v) is 3.51. The molecule has 0 aliphatic carbocycles. The van der Waals surface area contributed by atoms with Crippen molar-refractivity contribution in [1.82, 2.24) is 0 Å². The minimum Gasteiger partial charge on any atom is -0.289 e. The van der Waals surface area contributed by atoms with Crippen LogP contribution < -0.4 is 0 Å². The fraction of sp³-hybridized carbons (Fsp3) is 0.625. The summed E-state index contributed by atoms with van der Waals surface area (Å²) in [7, 11) is 0. The lowest BCUT2D eigenvalue weighted by molar-refractivity contribution is 0.751. The van der Waals surface area contributed by atoms with E-state index in [2.05, 4.69) is 24.1 Å². The van der Waals surface area contributed by atoms with Gasteiger partial charge in [0.2, 0.25) is 0 Å². The van der Waals surface area contributed by atoms with Crippen LogP contribution in [0.4, 0.5) is 0 Å². The van der Waals surface area contributed by atoms with E-state index in [9.17, 15) is 0 Å². The van der Waals surface area contributed by atoms with Gasteiger partial charge in [0, 0.05) is 12.3 Å². The van der Waals surface area contributed by atoms with Crippen LogP contribution in [0.25, 0.3) is 0 Å². The zero-order valence-corrected chi connectivity index (χ0v) is 6.09. The summed E-state index contributed by atoms with van der Waals surface area (Å²) in [5, 5.41) is 0. The minimum absolute atomic E-state index is 0.696. The molecule has 0 radical (unpaired) electrons. The summed E-state index contributed by atoms with van der Waals surface area (Å²) >= 11 is 0. The first-order chi connectivity index (χ1) is 4.34. The number of rotatable bonds is 1. The van der Waals surface area contributed by atoms with E-state index >= 15 is 0 Å². The van der Waals surface area contributed by atoms with Gasteiger partial charge in [0.1, 0.15) is 0 Å². The molecule has 1 aliphatic heterocycles. The Kier molecular flexibility index (Phi) is 2.04. The van der Waals surface area contributed by atoms with E-state index in [0.29, 0.717) is 5.92 Å². The molecule has 0 spiro atoms. The molecule has 50 valence electrons. The van der Waals surface area contributed by atoms with Crippen LogP contribution in [0.1, 0.15) is 20.3 Å². The number of nitrogens with zero attached hydrogens (tertiary/aromatic N) is 1. The van der Waals surface area contributed by atoms with E-state index in [1.165, 1.54) is 12.1 Å². The highest BCUT2D eigenvalue weighted by atomic mass is 14.8. The number of hydrogen-bond donors (Lipinski definition) is 0. The highest BCUT2D eigenvalue weighted by Gasteiger charge is 2.11. The SMILES string of the molecule is C/C=C\C1=NCCC1C. The van der Waals surface area contributed by atoms with Crippen molar-refractivity contribution in [3.63, 3.8) is 0 Å². The lowest BCUT2D eigenvalue weighted by Gasteiger charge is -1.98. The molecule has 1 rings (SSSR count). The van der Waals surface area contributed by atoms with Gasteiger partial charge >= 0.3 is 0 Å². The molecule has 0 saturated carbocycles. The third-order valence-electron chi connectivity index (χ3n) is 1.70. The van der Waals surface area contributed by atoms with Crippen molar-refractivity contribution in [2.75, 3.05) is 6.54 Å². The average Bonchev–Trinajstić information content (AvgIpc) is 2.18. The molecular weight excluding hydrogens is 110 g/mol. The quantitative estimate of drug-likeness (QED) is 0.506. The Morgan fingerprint density at radius 1 is 1.67 bits per heavy atom. The van der Waals surface area contributed by atoms with E-state index in [0.717, 1.165) is 6.54 Å². The molecule has 0 N–H and O–H groups in total. The number of hydrogen-bond acceptors (Lipinski definition) is 1. The Bertz CT molecular complexity index is 145.